The van der Waals surface area contributed by atoms with Gasteiger partial charge in [0.1, 0.15) is 6.04 Å². The van der Waals surface area contributed by atoms with Crippen molar-refractivity contribution < 1.29 is 18.4 Å². The SMILES string of the molecule is [2H]C([2H])([2H])C(=O)N[C@@H](COC)C(=O)N1CCN(c2cccc(-c3ccccc3)c2)CC1. The van der Waals surface area contributed by atoms with E-state index in [1.807, 2.05) is 30.3 Å². The predicted octanol–water partition coefficient (Wildman–Crippen LogP) is 2.15. The zero-order valence-corrected chi connectivity index (χ0v) is 15.9. The molecule has 1 aliphatic heterocycles. The lowest BCUT2D eigenvalue weighted by molar-refractivity contribution is -0.137. The zero-order chi connectivity index (χ0) is 22.4. The van der Waals surface area contributed by atoms with E-state index < -0.39 is 18.8 Å². The summed E-state index contributed by atoms with van der Waals surface area (Å²) >= 11 is 0. The van der Waals surface area contributed by atoms with Gasteiger partial charge in [-0.05, 0) is 23.3 Å². The monoisotopic (exact) mass is 384 g/mol. The Morgan fingerprint density at radius 2 is 1.79 bits per heavy atom. The van der Waals surface area contributed by atoms with Crippen molar-refractivity contribution in [2.45, 2.75) is 12.9 Å². The molecule has 1 N–H and O–H groups in total. The van der Waals surface area contributed by atoms with Crippen molar-refractivity contribution in [3.63, 3.8) is 0 Å². The number of nitrogens with zero attached hydrogens (tertiary/aromatic N) is 2. The van der Waals surface area contributed by atoms with Gasteiger partial charge in [-0.15, -0.1) is 0 Å². The van der Waals surface area contributed by atoms with Crippen molar-refractivity contribution in [3.05, 3.63) is 54.6 Å². The van der Waals surface area contributed by atoms with Gasteiger partial charge in [0.25, 0.3) is 0 Å². The van der Waals surface area contributed by atoms with E-state index >= 15 is 0 Å². The smallest absolute Gasteiger partial charge is 0.247 e. The number of rotatable bonds is 6. The van der Waals surface area contributed by atoms with Crippen LogP contribution < -0.4 is 10.2 Å². The Hall–Kier alpha value is -2.86. The van der Waals surface area contributed by atoms with Gasteiger partial charge in [0.15, 0.2) is 0 Å². The normalized spacial score (nSPS) is 17.2. The van der Waals surface area contributed by atoms with Crippen LogP contribution in [-0.2, 0) is 14.3 Å². The number of benzene rings is 2. The predicted molar refractivity (Wildman–Crippen MR) is 110 cm³/mol. The second-order valence-corrected chi connectivity index (χ2v) is 6.71. The van der Waals surface area contributed by atoms with Crippen LogP contribution in [0.15, 0.2) is 54.6 Å². The summed E-state index contributed by atoms with van der Waals surface area (Å²) in [5.41, 5.74) is 3.35. The van der Waals surface area contributed by atoms with Gasteiger partial charge in [-0.1, -0.05) is 42.5 Å². The molecule has 1 atom stereocenters. The van der Waals surface area contributed by atoms with Crippen LogP contribution in [0.4, 0.5) is 5.69 Å². The molecule has 0 saturated carbocycles. The molecule has 1 heterocycles. The molecule has 6 heteroatoms. The van der Waals surface area contributed by atoms with E-state index in [-0.39, 0.29) is 12.5 Å². The van der Waals surface area contributed by atoms with E-state index in [0.29, 0.717) is 26.2 Å². The van der Waals surface area contributed by atoms with Crippen LogP contribution in [0.3, 0.4) is 0 Å². The molecule has 28 heavy (non-hydrogen) atoms. The van der Waals surface area contributed by atoms with Crippen LogP contribution in [-0.4, -0.2) is 62.7 Å². The Kier molecular flexibility index (Phi) is 5.40. The average molecular weight is 384 g/mol. The van der Waals surface area contributed by atoms with Crippen LogP contribution >= 0.6 is 0 Å². The maximum absolute atomic E-state index is 12.9. The number of ether oxygens (including phenoxy) is 1. The number of piperazine rings is 1. The van der Waals surface area contributed by atoms with Crippen molar-refractivity contribution in [3.8, 4) is 11.1 Å². The molecule has 6 nitrogen and oxygen atoms in total. The highest BCUT2D eigenvalue weighted by Gasteiger charge is 2.28. The number of anilines is 1. The zero-order valence-electron chi connectivity index (χ0n) is 18.9. The Bertz CT molecular complexity index is 898. The van der Waals surface area contributed by atoms with Crippen LogP contribution in [0.2, 0.25) is 0 Å². The van der Waals surface area contributed by atoms with Crippen molar-refractivity contribution in [2.75, 3.05) is 44.8 Å². The van der Waals surface area contributed by atoms with Gasteiger partial charge >= 0.3 is 0 Å². The molecule has 0 aliphatic carbocycles. The summed E-state index contributed by atoms with van der Waals surface area (Å²) in [5.74, 6) is -1.49. The molecule has 148 valence electrons. The standard InChI is InChI=1S/C22H27N3O3/c1-17(26)23-21(16-28-2)22(27)25-13-11-24(12-14-25)20-10-6-9-19(15-20)18-7-4-3-5-8-18/h3-10,15,21H,11-14,16H2,1-2H3,(H,23,26)/t21-/m0/s1/i1D3. The largest absolute Gasteiger partial charge is 0.382 e. The fraction of sp³-hybridized carbons (Fsp3) is 0.364. The van der Waals surface area contributed by atoms with Crippen LogP contribution in [0.5, 0.6) is 0 Å². The topological polar surface area (TPSA) is 61.9 Å². The molecule has 2 aromatic carbocycles. The number of methoxy groups -OCH3 is 1. The highest BCUT2D eigenvalue weighted by molar-refractivity contribution is 5.87. The summed E-state index contributed by atoms with van der Waals surface area (Å²) in [7, 11) is 1.40. The fourth-order valence-electron chi connectivity index (χ4n) is 3.42. The maximum Gasteiger partial charge on any atom is 0.247 e. The number of amides is 2. The van der Waals surface area contributed by atoms with Crippen LogP contribution in [0.1, 0.15) is 11.0 Å². The summed E-state index contributed by atoms with van der Waals surface area (Å²) in [6, 6.07) is 17.4. The van der Waals surface area contributed by atoms with Gasteiger partial charge in [0.2, 0.25) is 11.8 Å². The summed E-state index contributed by atoms with van der Waals surface area (Å²) < 4.78 is 26.6. The lowest BCUT2D eigenvalue weighted by Crippen LogP contribution is -2.56. The van der Waals surface area contributed by atoms with Crippen molar-refractivity contribution >= 4 is 17.5 Å². The van der Waals surface area contributed by atoms with Gasteiger partial charge in [0.05, 0.1) is 6.61 Å². The van der Waals surface area contributed by atoms with E-state index in [0.717, 1.165) is 16.8 Å². The summed E-state index contributed by atoms with van der Waals surface area (Å²) in [6.07, 6.45) is 0. The van der Waals surface area contributed by atoms with Gasteiger partial charge < -0.3 is 19.9 Å². The number of hydrogen-bond donors (Lipinski definition) is 1. The first kappa shape index (κ1) is 16.1. The van der Waals surface area contributed by atoms with E-state index in [1.165, 1.54) is 7.11 Å². The minimum absolute atomic E-state index is 0.0833. The highest BCUT2D eigenvalue weighted by atomic mass is 16.5. The first-order chi connectivity index (χ1) is 14.8. The third kappa shape index (κ3) is 4.89. The average Bonchev–Trinajstić information content (AvgIpc) is 2.78. The van der Waals surface area contributed by atoms with Crippen LogP contribution in [0, 0.1) is 0 Å². The summed E-state index contributed by atoms with van der Waals surface area (Å²) in [4.78, 5) is 28.5. The number of nitrogens with one attached hydrogen (secondary N) is 1. The van der Waals surface area contributed by atoms with Crippen molar-refractivity contribution in [1.82, 2.24) is 10.2 Å². The number of carbonyl (C=O) groups excluding carboxylic acids is 2. The molecule has 0 bridgehead atoms. The van der Waals surface area contributed by atoms with Crippen molar-refractivity contribution in [1.29, 1.82) is 0 Å². The molecule has 0 unspecified atom stereocenters. The van der Waals surface area contributed by atoms with E-state index in [4.69, 9.17) is 8.85 Å². The third-order valence-electron chi connectivity index (χ3n) is 4.85. The fourth-order valence-corrected chi connectivity index (χ4v) is 3.42. The Morgan fingerprint density at radius 3 is 2.46 bits per heavy atom. The molecule has 0 aromatic heterocycles. The van der Waals surface area contributed by atoms with Crippen molar-refractivity contribution in [2.24, 2.45) is 0 Å². The highest BCUT2D eigenvalue weighted by Crippen LogP contribution is 2.25. The minimum atomic E-state index is -2.81. The lowest BCUT2D eigenvalue weighted by Gasteiger charge is -2.37. The van der Waals surface area contributed by atoms with Gasteiger partial charge in [-0.2, -0.15) is 0 Å². The number of carbonyl (C=O) groups is 2. The number of hydrogen-bond acceptors (Lipinski definition) is 4. The van der Waals surface area contributed by atoms with Crippen LogP contribution in [0.25, 0.3) is 11.1 Å². The molecule has 1 aliphatic rings. The minimum Gasteiger partial charge on any atom is -0.382 e. The third-order valence-corrected chi connectivity index (χ3v) is 4.85. The quantitative estimate of drug-likeness (QED) is 0.829. The van der Waals surface area contributed by atoms with E-state index in [9.17, 15) is 9.59 Å². The second kappa shape index (κ2) is 9.37. The van der Waals surface area contributed by atoms with E-state index in [1.54, 1.807) is 4.90 Å². The molecule has 1 saturated heterocycles. The molecule has 0 radical (unpaired) electrons. The maximum atomic E-state index is 12.9. The second-order valence-electron chi connectivity index (χ2n) is 6.71. The Labute approximate surface area is 170 Å². The Morgan fingerprint density at radius 1 is 1.07 bits per heavy atom. The van der Waals surface area contributed by atoms with Gasteiger partial charge in [0, 0.05) is 49.9 Å². The lowest BCUT2D eigenvalue weighted by atomic mass is 10.0. The summed E-state index contributed by atoms with van der Waals surface area (Å²) in [5, 5.41) is 2.29. The molecular weight excluding hydrogens is 354 g/mol. The van der Waals surface area contributed by atoms with E-state index in [2.05, 4.69) is 34.5 Å². The van der Waals surface area contributed by atoms with Gasteiger partial charge in [-0.25, -0.2) is 0 Å². The molecule has 0 spiro atoms. The first-order valence-electron chi connectivity index (χ1n) is 10.8. The first-order valence-corrected chi connectivity index (χ1v) is 9.28. The molecule has 3 rings (SSSR count). The summed E-state index contributed by atoms with van der Waals surface area (Å²) in [6.45, 7) is -0.682. The molecule has 1 fully saturated rings. The molecule has 2 amide bonds. The molecule has 2 aromatic rings. The Balaban J connectivity index is 1.63. The molecular formula is C22H27N3O3. The van der Waals surface area contributed by atoms with Gasteiger partial charge in [-0.3, -0.25) is 9.59 Å².